The lowest BCUT2D eigenvalue weighted by atomic mass is 10.0. The number of aryl methyl sites for hydroxylation is 2. The molecular weight excluding hydrogens is 196 g/mol. The molecule has 0 amide bonds. The number of hydrogen-bond acceptors (Lipinski definition) is 1. The molecule has 0 saturated heterocycles. The molecule has 0 heterocycles. The van der Waals surface area contributed by atoms with Crippen LogP contribution in [0, 0.1) is 13.8 Å². The predicted octanol–water partition coefficient (Wildman–Crippen LogP) is 2.70. The molecule has 0 radical (unpaired) electrons. The molecular formula is C12H17F2N. The first-order valence-corrected chi connectivity index (χ1v) is 5.14. The van der Waals surface area contributed by atoms with Gasteiger partial charge in [-0.3, -0.25) is 0 Å². The SMILES string of the molecule is Cc1ccc(C)c(CCNCC(F)F)c1. The zero-order chi connectivity index (χ0) is 11.3. The maximum absolute atomic E-state index is 11.8. The maximum atomic E-state index is 11.8. The Kier molecular flexibility index (Phi) is 4.69. The molecule has 3 heteroatoms. The van der Waals surface area contributed by atoms with Crippen LogP contribution in [0.5, 0.6) is 0 Å². The van der Waals surface area contributed by atoms with Crippen LogP contribution in [0.1, 0.15) is 16.7 Å². The minimum Gasteiger partial charge on any atom is -0.311 e. The van der Waals surface area contributed by atoms with E-state index in [0.717, 1.165) is 6.42 Å². The Hall–Kier alpha value is -0.960. The molecule has 1 aromatic carbocycles. The summed E-state index contributed by atoms with van der Waals surface area (Å²) in [4.78, 5) is 0. The zero-order valence-electron chi connectivity index (χ0n) is 9.19. The van der Waals surface area contributed by atoms with Gasteiger partial charge in [-0.2, -0.15) is 0 Å². The van der Waals surface area contributed by atoms with Crippen LogP contribution in [0.25, 0.3) is 0 Å². The van der Waals surface area contributed by atoms with Gasteiger partial charge in [0.1, 0.15) is 0 Å². The van der Waals surface area contributed by atoms with Gasteiger partial charge in [0.2, 0.25) is 0 Å². The average molecular weight is 213 g/mol. The summed E-state index contributed by atoms with van der Waals surface area (Å²) in [5.74, 6) is 0. The number of alkyl halides is 2. The maximum Gasteiger partial charge on any atom is 0.250 e. The first kappa shape index (κ1) is 12.1. The Morgan fingerprint density at radius 3 is 2.67 bits per heavy atom. The molecule has 0 aliphatic heterocycles. The topological polar surface area (TPSA) is 12.0 Å². The fraction of sp³-hybridized carbons (Fsp3) is 0.500. The lowest BCUT2D eigenvalue weighted by molar-refractivity contribution is 0.146. The van der Waals surface area contributed by atoms with Gasteiger partial charge in [-0.05, 0) is 37.9 Å². The molecule has 0 atom stereocenters. The summed E-state index contributed by atoms with van der Waals surface area (Å²) < 4.78 is 23.7. The molecule has 0 unspecified atom stereocenters. The normalized spacial score (nSPS) is 11.0. The highest BCUT2D eigenvalue weighted by Gasteiger charge is 2.02. The summed E-state index contributed by atoms with van der Waals surface area (Å²) in [7, 11) is 0. The molecule has 0 bridgehead atoms. The summed E-state index contributed by atoms with van der Waals surface area (Å²) in [6, 6.07) is 6.24. The van der Waals surface area contributed by atoms with Crippen molar-refractivity contribution in [1.82, 2.24) is 5.32 Å². The second kappa shape index (κ2) is 5.81. The standard InChI is InChI=1S/C12H17F2N/c1-9-3-4-10(2)11(7-9)5-6-15-8-12(13)14/h3-4,7,12,15H,5-6,8H2,1-2H3. The van der Waals surface area contributed by atoms with E-state index in [2.05, 4.69) is 23.5 Å². The highest BCUT2D eigenvalue weighted by molar-refractivity contribution is 5.30. The van der Waals surface area contributed by atoms with Gasteiger partial charge in [0.15, 0.2) is 0 Å². The third kappa shape index (κ3) is 4.38. The summed E-state index contributed by atoms with van der Waals surface area (Å²) in [6.07, 6.45) is -1.45. The number of rotatable bonds is 5. The van der Waals surface area contributed by atoms with Crippen molar-refractivity contribution in [1.29, 1.82) is 0 Å². The highest BCUT2D eigenvalue weighted by Crippen LogP contribution is 2.10. The van der Waals surface area contributed by atoms with Crippen molar-refractivity contribution in [3.8, 4) is 0 Å². The molecule has 1 aromatic rings. The van der Waals surface area contributed by atoms with Gasteiger partial charge in [0.25, 0.3) is 6.43 Å². The van der Waals surface area contributed by atoms with Gasteiger partial charge in [-0.15, -0.1) is 0 Å². The van der Waals surface area contributed by atoms with E-state index in [0.29, 0.717) is 6.54 Å². The second-order valence-corrected chi connectivity index (χ2v) is 3.78. The van der Waals surface area contributed by atoms with Crippen molar-refractivity contribution in [3.63, 3.8) is 0 Å². The highest BCUT2D eigenvalue weighted by atomic mass is 19.3. The lowest BCUT2D eigenvalue weighted by Gasteiger charge is -2.08. The van der Waals surface area contributed by atoms with E-state index in [4.69, 9.17) is 0 Å². The van der Waals surface area contributed by atoms with Gasteiger partial charge in [-0.1, -0.05) is 23.8 Å². The second-order valence-electron chi connectivity index (χ2n) is 3.78. The van der Waals surface area contributed by atoms with Crippen molar-refractivity contribution in [3.05, 3.63) is 34.9 Å². The summed E-state index contributed by atoms with van der Waals surface area (Å²) >= 11 is 0. The predicted molar refractivity (Wildman–Crippen MR) is 58.5 cm³/mol. The van der Waals surface area contributed by atoms with E-state index in [9.17, 15) is 8.78 Å². The average Bonchev–Trinajstić information content (AvgIpc) is 2.17. The number of benzene rings is 1. The van der Waals surface area contributed by atoms with Crippen LogP contribution in [0.4, 0.5) is 8.78 Å². The van der Waals surface area contributed by atoms with Crippen LogP contribution in [-0.2, 0) is 6.42 Å². The summed E-state index contributed by atoms with van der Waals surface area (Å²) in [5, 5.41) is 2.73. The van der Waals surface area contributed by atoms with Crippen LogP contribution >= 0.6 is 0 Å². The first-order valence-electron chi connectivity index (χ1n) is 5.14. The first-order chi connectivity index (χ1) is 7.09. The van der Waals surface area contributed by atoms with Gasteiger partial charge >= 0.3 is 0 Å². The van der Waals surface area contributed by atoms with E-state index >= 15 is 0 Å². The van der Waals surface area contributed by atoms with Crippen molar-refractivity contribution in [2.45, 2.75) is 26.7 Å². The zero-order valence-corrected chi connectivity index (χ0v) is 9.19. The van der Waals surface area contributed by atoms with Crippen LogP contribution in [0.3, 0.4) is 0 Å². The Labute approximate surface area is 89.5 Å². The Bertz CT molecular complexity index is 310. The molecule has 1 nitrogen and oxygen atoms in total. The third-order valence-corrected chi connectivity index (χ3v) is 2.37. The molecule has 84 valence electrons. The van der Waals surface area contributed by atoms with Crippen LogP contribution in [0.15, 0.2) is 18.2 Å². The third-order valence-electron chi connectivity index (χ3n) is 2.37. The summed E-state index contributed by atoms with van der Waals surface area (Å²) in [6.45, 7) is 4.47. The van der Waals surface area contributed by atoms with E-state index < -0.39 is 6.43 Å². The molecule has 0 spiro atoms. The van der Waals surface area contributed by atoms with Crippen LogP contribution < -0.4 is 5.32 Å². The van der Waals surface area contributed by atoms with Crippen molar-refractivity contribution in [2.24, 2.45) is 0 Å². The molecule has 1 rings (SSSR count). The smallest absolute Gasteiger partial charge is 0.250 e. The molecule has 0 fully saturated rings. The van der Waals surface area contributed by atoms with E-state index in [-0.39, 0.29) is 6.54 Å². The molecule has 0 aromatic heterocycles. The van der Waals surface area contributed by atoms with Gasteiger partial charge in [0.05, 0.1) is 6.54 Å². The number of nitrogens with one attached hydrogen (secondary N) is 1. The van der Waals surface area contributed by atoms with Crippen LogP contribution in [0.2, 0.25) is 0 Å². The van der Waals surface area contributed by atoms with Gasteiger partial charge in [-0.25, -0.2) is 8.78 Å². The minimum atomic E-state index is -2.26. The van der Waals surface area contributed by atoms with E-state index in [1.807, 2.05) is 13.8 Å². The number of hydrogen-bond donors (Lipinski definition) is 1. The van der Waals surface area contributed by atoms with Crippen molar-refractivity contribution < 1.29 is 8.78 Å². The lowest BCUT2D eigenvalue weighted by Crippen LogP contribution is -2.23. The Morgan fingerprint density at radius 1 is 1.27 bits per heavy atom. The van der Waals surface area contributed by atoms with Crippen molar-refractivity contribution >= 4 is 0 Å². The largest absolute Gasteiger partial charge is 0.311 e. The van der Waals surface area contributed by atoms with Gasteiger partial charge in [0, 0.05) is 0 Å². The minimum absolute atomic E-state index is 0.217. The molecule has 0 aliphatic rings. The Morgan fingerprint density at radius 2 is 2.00 bits per heavy atom. The Balaban J connectivity index is 2.40. The molecule has 1 N–H and O–H groups in total. The van der Waals surface area contributed by atoms with Crippen molar-refractivity contribution in [2.75, 3.05) is 13.1 Å². The molecule has 0 aliphatic carbocycles. The van der Waals surface area contributed by atoms with E-state index in [1.54, 1.807) is 0 Å². The van der Waals surface area contributed by atoms with Crippen LogP contribution in [-0.4, -0.2) is 19.5 Å². The monoisotopic (exact) mass is 213 g/mol. The van der Waals surface area contributed by atoms with E-state index in [1.165, 1.54) is 16.7 Å². The molecule has 0 saturated carbocycles. The van der Waals surface area contributed by atoms with Gasteiger partial charge < -0.3 is 5.32 Å². The fourth-order valence-corrected chi connectivity index (χ4v) is 1.50. The number of halogens is 2. The molecule has 15 heavy (non-hydrogen) atoms. The quantitative estimate of drug-likeness (QED) is 0.741. The fourth-order valence-electron chi connectivity index (χ4n) is 1.50. The summed E-state index contributed by atoms with van der Waals surface area (Å²) in [5.41, 5.74) is 3.67.